The van der Waals surface area contributed by atoms with Crippen LogP contribution in [0.15, 0.2) is 18.2 Å². The molecule has 0 atom stereocenters. The fourth-order valence-corrected chi connectivity index (χ4v) is 2.57. The van der Waals surface area contributed by atoms with E-state index >= 15 is 0 Å². The number of carbonyl (C=O) groups excluding carboxylic acids is 1. The van der Waals surface area contributed by atoms with Gasteiger partial charge in [-0.3, -0.25) is 4.90 Å². The Bertz CT molecular complexity index is 540. The molecule has 2 rings (SSSR count). The fraction of sp³-hybridized carbons (Fsp3) is 0.467. The van der Waals surface area contributed by atoms with Gasteiger partial charge >= 0.3 is 12.0 Å². The van der Waals surface area contributed by atoms with E-state index in [1.54, 1.807) is 35.0 Å². The Hall–Kier alpha value is -2.04. The van der Waals surface area contributed by atoms with Crippen LogP contribution in [0.2, 0.25) is 0 Å². The second-order valence-electron chi connectivity index (χ2n) is 5.61. The van der Waals surface area contributed by atoms with Gasteiger partial charge in [-0.25, -0.2) is 9.59 Å². The number of carboxylic acids is 1. The van der Waals surface area contributed by atoms with Crippen molar-refractivity contribution in [1.29, 1.82) is 0 Å². The van der Waals surface area contributed by atoms with Crippen molar-refractivity contribution < 1.29 is 14.7 Å². The van der Waals surface area contributed by atoms with Crippen molar-refractivity contribution in [3.8, 4) is 0 Å². The molecule has 0 saturated carbocycles. The highest BCUT2D eigenvalue weighted by molar-refractivity contribution is 5.95. The minimum Gasteiger partial charge on any atom is -0.478 e. The number of rotatable bonds is 3. The predicted octanol–water partition coefficient (Wildman–Crippen LogP) is 2.46. The van der Waals surface area contributed by atoms with Crippen LogP contribution in [-0.2, 0) is 6.42 Å². The number of carboxylic acid groups (broad SMARTS) is 1. The zero-order chi connectivity index (χ0) is 14.9. The second-order valence-corrected chi connectivity index (χ2v) is 5.61. The molecule has 1 N–H and O–H groups in total. The molecule has 1 aromatic rings. The lowest BCUT2D eigenvalue weighted by molar-refractivity contribution is 0.0697. The molecule has 20 heavy (non-hydrogen) atoms. The van der Waals surface area contributed by atoms with E-state index in [1.165, 1.54) is 0 Å². The summed E-state index contributed by atoms with van der Waals surface area (Å²) in [5.41, 5.74) is 2.03. The number of carbonyl (C=O) groups is 2. The molecule has 1 aromatic carbocycles. The summed E-state index contributed by atoms with van der Waals surface area (Å²) in [5, 5.41) is 8.99. The Kier molecular flexibility index (Phi) is 3.97. The Morgan fingerprint density at radius 3 is 2.70 bits per heavy atom. The molecule has 5 nitrogen and oxygen atoms in total. The highest BCUT2D eigenvalue weighted by atomic mass is 16.4. The van der Waals surface area contributed by atoms with Crippen LogP contribution in [0.1, 0.15) is 29.8 Å². The summed E-state index contributed by atoms with van der Waals surface area (Å²) in [6, 6.07) is 4.91. The summed E-state index contributed by atoms with van der Waals surface area (Å²) >= 11 is 0. The van der Waals surface area contributed by atoms with E-state index in [0.29, 0.717) is 25.4 Å². The molecular formula is C15H20N2O3. The van der Waals surface area contributed by atoms with E-state index < -0.39 is 5.97 Å². The molecule has 1 heterocycles. The van der Waals surface area contributed by atoms with Gasteiger partial charge in [0, 0.05) is 25.8 Å². The average molecular weight is 276 g/mol. The standard InChI is InChI=1S/C15H20N2O3/c1-10(2)9-16(3)15(20)17-7-6-11-8-12(14(18)19)4-5-13(11)17/h4-5,8,10H,6-7,9H2,1-3H3,(H,18,19). The quantitative estimate of drug-likeness (QED) is 0.922. The largest absolute Gasteiger partial charge is 0.478 e. The molecule has 0 spiro atoms. The van der Waals surface area contributed by atoms with Crippen LogP contribution in [0.4, 0.5) is 10.5 Å². The Balaban J connectivity index is 2.19. The van der Waals surface area contributed by atoms with Gasteiger partial charge < -0.3 is 10.0 Å². The molecule has 5 heteroatoms. The summed E-state index contributed by atoms with van der Waals surface area (Å²) in [4.78, 5) is 26.8. The molecule has 0 fully saturated rings. The van der Waals surface area contributed by atoms with E-state index in [4.69, 9.17) is 5.11 Å². The van der Waals surface area contributed by atoms with Crippen molar-refractivity contribution in [2.24, 2.45) is 5.92 Å². The van der Waals surface area contributed by atoms with E-state index in [0.717, 1.165) is 11.3 Å². The number of urea groups is 1. The molecular weight excluding hydrogens is 256 g/mol. The normalized spacial score (nSPS) is 13.5. The van der Waals surface area contributed by atoms with Gasteiger partial charge in [-0.05, 0) is 36.1 Å². The summed E-state index contributed by atoms with van der Waals surface area (Å²) < 4.78 is 0. The summed E-state index contributed by atoms with van der Waals surface area (Å²) in [6.07, 6.45) is 0.706. The van der Waals surface area contributed by atoms with Crippen molar-refractivity contribution in [2.45, 2.75) is 20.3 Å². The second kappa shape index (κ2) is 5.53. The number of hydrogen-bond acceptors (Lipinski definition) is 2. The SMILES string of the molecule is CC(C)CN(C)C(=O)N1CCc2cc(C(=O)O)ccc21. The number of benzene rings is 1. The van der Waals surface area contributed by atoms with Gasteiger partial charge in [0.05, 0.1) is 5.56 Å². The Morgan fingerprint density at radius 2 is 2.10 bits per heavy atom. The van der Waals surface area contributed by atoms with E-state index in [-0.39, 0.29) is 11.6 Å². The monoisotopic (exact) mass is 276 g/mol. The highest BCUT2D eigenvalue weighted by Crippen LogP contribution is 2.29. The van der Waals surface area contributed by atoms with Gasteiger partial charge in [-0.15, -0.1) is 0 Å². The van der Waals surface area contributed by atoms with Gasteiger partial charge in [0.1, 0.15) is 0 Å². The average Bonchev–Trinajstić information content (AvgIpc) is 2.79. The number of amides is 2. The third kappa shape index (κ3) is 2.76. The van der Waals surface area contributed by atoms with E-state index in [9.17, 15) is 9.59 Å². The van der Waals surface area contributed by atoms with Crippen molar-refractivity contribution >= 4 is 17.7 Å². The minimum absolute atomic E-state index is 0.0273. The Morgan fingerprint density at radius 1 is 1.40 bits per heavy atom. The first-order valence-electron chi connectivity index (χ1n) is 6.79. The maximum atomic E-state index is 12.4. The minimum atomic E-state index is -0.936. The molecule has 108 valence electrons. The van der Waals surface area contributed by atoms with Gasteiger partial charge in [0.25, 0.3) is 0 Å². The summed E-state index contributed by atoms with van der Waals surface area (Å²) in [6.45, 7) is 5.46. The molecule has 0 saturated heterocycles. The third-order valence-electron chi connectivity index (χ3n) is 3.42. The van der Waals surface area contributed by atoms with Crippen molar-refractivity contribution in [3.63, 3.8) is 0 Å². The topological polar surface area (TPSA) is 60.9 Å². The molecule has 0 unspecified atom stereocenters. The fourth-order valence-electron chi connectivity index (χ4n) is 2.57. The summed E-state index contributed by atoms with van der Waals surface area (Å²) in [5.74, 6) is -0.519. The van der Waals surface area contributed by atoms with Crippen LogP contribution in [0.5, 0.6) is 0 Å². The number of aromatic carboxylic acids is 1. The van der Waals surface area contributed by atoms with E-state index in [1.807, 2.05) is 0 Å². The van der Waals surface area contributed by atoms with Gasteiger partial charge in [0.15, 0.2) is 0 Å². The van der Waals surface area contributed by atoms with Crippen LogP contribution in [0.25, 0.3) is 0 Å². The van der Waals surface area contributed by atoms with Crippen LogP contribution in [-0.4, -0.2) is 42.1 Å². The number of hydrogen-bond donors (Lipinski definition) is 1. The lowest BCUT2D eigenvalue weighted by Crippen LogP contribution is -2.41. The van der Waals surface area contributed by atoms with Gasteiger partial charge in [-0.2, -0.15) is 0 Å². The van der Waals surface area contributed by atoms with Crippen LogP contribution in [0.3, 0.4) is 0 Å². The van der Waals surface area contributed by atoms with Crippen molar-refractivity contribution in [3.05, 3.63) is 29.3 Å². The summed E-state index contributed by atoms with van der Waals surface area (Å²) in [7, 11) is 1.80. The molecule has 1 aliphatic heterocycles. The molecule has 0 aromatic heterocycles. The van der Waals surface area contributed by atoms with Gasteiger partial charge in [0.2, 0.25) is 0 Å². The van der Waals surface area contributed by atoms with Crippen LogP contribution in [0, 0.1) is 5.92 Å². The molecule has 0 radical (unpaired) electrons. The van der Waals surface area contributed by atoms with E-state index in [2.05, 4.69) is 13.8 Å². The van der Waals surface area contributed by atoms with Crippen molar-refractivity contribution in [2.75, 3.05) is 25.0 Å². The molecule has 0 aliphatic carbocycles. The lowest BCUT2D eigenvalue weighted by atomic mass is 10.1. The van der Waals surface area contributed by atoms with Crippen LogP contribution < -0.4 is 4.90 Å². The Labute approximate surface area is 118 Å². The van der Waals surface area contributed by atoms with Gasteiger partial charge in [-0.1, -0.05) is 13.8 Å². The first-order valence-corrected chi connectivity index (χ1v) is 6.79. The maximum Gasteiger partial charge on any atom is 0.335 e. The number of fused-ring (bicyclic) bond motifs is 1. The first-order chi connectivity index (χ1) is 9.40. The maximum absolute atomic E-state index is 12.4. The zero-order valence-corrected chi connectivity index (χ0v) is 12.1. The smallest absolute Gasteiger partial charge is 0.335 e. The van der Waals surface area contributed by atoms with Crippen LogP contribution >= 0.6 is 0 Å². The first kappa shape index (κ1) is 14.4. The lowest BCUT2D eigenvalue weighted by Gasteiger charge is -2.26. The number of anilines is 1. The predicted molar refractivity (Wildman–Crippen MR) is 77.3 cm³/mol. The molecule has 1 aliphatic rings. The highest BCUT2D eigenvalue weighted by Gasteiger charge is 2.27. The zero-order valence-electron chi connectivity index (χ0n) is 12.1. The number of nitrogens with zero attached hydrogens (tertiary/aromatic N) is 2. The molecule has 2 amide bonds. The third-order valence-corrected chi connectivity index (χ3v) is 3.42. The molecule has 0 bridgehead atoms. The van der Waals surface area contributed by atoms with Crippen molar-refractivity contribution in [1.82, 2.24) is 4.90 Å².